The molecular weight excluding hydrogens is 352 g/mol. The van der Waals surface area contributed by atoms with Crippen molar-refractivity contribution in [3.63, 3.8) is 0 Å². The molecule has 0 saturated heterocycles. The Morgan fingerprint density at radius 2 is 1.59 bits per heavy atom. The maximum absolute atomic E-state index is 6.15. The zero-order chi connectivity index (χ0) is 18.5. The highest BCUT2D eigenvalue weighted by atomic mass is 35.5. The first-order chi connectivity index (χ1) is 13.3. The van der Waals surface area contributed by atoms with Gasteiger partial charge in [0.05, 0.1) is 0 Å². The van der Waals surface area contributed by atoms with Gasteiger partial charge in [0.15, 0.2) is 0 Å². The van der Waals surface area contributed by atoms with E-state index in [1.165, 1.54) is 27.6 Å². The summed E-state index contributed by atoms with van der Waals surface area (Å²) < 4.78 is 2.31. The second-order valence-corrected chi connectivity index (χ2v) is 7.28. The lowest BCUT2D eigenvalue weighted by atomic mass is 10.1. The third-order valence-corrected chi connectivity index (χ3v) is 5.10. The molecule has 1 aromatic heterocycles. The standard InChI is InChI=1S/C24H23ClN2/c25-22-10-6-9-20(15-22)17-27-18-21(23-11-4-5-12-24(23)27)16-26-14-13-19-7-2-1-3-8-19/h1-12,15,18,26H,13-14,16-17H2. The first-order valence-corrected chi connectivity index (χ1v) is 9.73. The van der Waals surface area contributed by atoms with Gasteiger partial charge in [-0.15, -0.1) is 0 Å². The molecule has 0 fully saturated rings. The van der Waals surface area contributed by atoms with E-state index in [9.17, 15) is 0 Å². The highest BCUT2D eigenvalue weighted by Crippen LogP contribution is 2.23. The molecule has 0 aliphatic carbocycles. The average Bonchev–Trinajstić information content (AvgIpc) is 3.04. The van der Waals surface area contributed by atoms with Crippen molar-refractivity contribution >= 4 is 22.5 Å². The highest BCUT2D eigenvalue weighted by Gasteiger charge is 2.08. The molecule has 0 saturated carbocycles. The molecule has 3 heteroatoms. The van der Waals surface area contributed by atoms with E-state index in [-0.39, 0.29) is 0 Å². The van der Waals surface area contributed by atoms with E-state index in [2.05, 4.69) is 76.7 Å². The number of nitrogens with one attached hydrogen (secondary N) is 1. The predicted molar refractivity (Wildman–Crippen MR) is 114 cm³/mol. The van der Waals surface area contributed by atoms with Gasteiger partial charge in [0.25, 0.3) is 0 Å². The Labute approximate surface area is 165 Å². The predicted octanol–water partition coefficient (Wildman–Crippen LogP) is 5.68. The molecule has 2 nitrogen and oxygen atoms in total. The number of benzene rings is 3. The number of aromatic nitrogens is 1. The van der Waals surface area contributed by atoms with Crippen molar-refractivity contribution in [1.29, 1.82) is 0 Å². The van der Waals surface area contributed by atoms with Gasteiger partial charge in [0, 0.05) is 35.2 Å². The Morgan fingerprint density at radius 1 is 0.815 bits per heavy atom. The molecule has 4 rings (SSSR count). The van der Waals surface area contributed by atoms with E-state index in [1.54, 1.807) is 0 Å². The fourth-order valence-corrected chi connectivity index (χ4v) is 3.74. The van der Waals surface area contributed by atoms with Gasteiger partial charge in [-0.3, -0.25) is 0 Å². The normalized spacial score (nSPS) is 11.1. The number of halogens is 1. The van der Waals surface area contributed by atoms with Crippen LogP contribution >= 0.6 is 11.6 Å². The summed E-state index contributed by atoms with van der Waals surface area (Å²) in [6.07, 6.45) is 3.31. The lowest BCUT2D eigenvalue weighted by molar-refractivity contribution is 0.686. The summed E-state index contributed by atoms with van der Waals surface area (Å²) in [5, 5.41) is 5.69. The SMILES string of the molecule is Clc1cccc(Cn2cc(CNCCc3ccccc3)c3ccccc32)c1. The molecule has 0 aliphatic heterocycles. The van der Waals surface area contributed by atoms with Crippen LogP contribution in [0.5, 0.6) is 0 Å². The lowest BCUT2D eigenvalue weighted by Gasteiger charge is -2.06. The van der Waals surface area contributed by atoms with E-state index < -0.39 is 0 Å². The maximum atomic E-state index is 6.15. The van der Waals surface area contributed by atoms with E-state index in [0.717, 1.165) is 31.1 Å². The monoisotopic (exact) mass is 374 g/mol. The summed E-state index contributed by atoms with van der Waals surface area (Å²) >= 11 is 6.15. The molecule has 136 valence electrons. The summed E-state index contributed by atoms with van der Waals surface area (Å²) in [5.74, 6) is 0. The van der Waals surface area contributed by atoms with Crippen molar-refractivity contribution in [3.05, 3.63) is 107 Å². The van der Waals surface area contributed by atoms with Crippen LogP contribution in [0.15, 0.2) is 85.1 Å². The number of rotatable bonds is 7. The van der Waals surface area contributed by atoms with E-state index in [1.807, 2.05) is 18.2 Å². The minimum Gasteiger partial charge on any atom is -0.343 e. The largest absolute Gasteiger partial charge is 0.343 e. The molecule has 0 atom stereocenters. The van der Waals surface area contributed by atoms with Crippen molar-refractivity contribution in [2.45, 2.75) is 19.5 Å². The summed E-state index contributed by atoms with van der Waals surface area (Å²) in [4.78, 5) is 0. The van der Waals surface area contributed by atoms with Gasteiger partial charge < -0.3 is 9.88 Å². The first-order valence-electron chi connectivity index (χ1n) is 9.35. The summed E-state index contributed by atoms with van der Waals surface area (Å²) in [7, 11) is 0. The third kappa shape index (κ3) is 4.41. The second-order valence-electron chi connectivity index (χ2n) is 6.84. The Balaban J connectivity index is 1.48. The molecule has 0 radical (unpaired) electrons. The molecule has 4 aromatic rings. The molecule has 1 heterocycles. The van der Waals surface area contributed by atoms with Gasteiger partial charge in [-0.2, -0.15) is 0 Å². The van der Waals surface area contributed by atoms with Gasteiger partial charge in [-0.25, -0.2) is 0 Å². The molecule has 27 heavy (non-hydrogen) atoms. The summed E-state index contributed by atoms with van der Waals surface area (Å²) in [6.45, 7) is 2.67. The van der Waals surface area contributed by atoms with E-state index in [0.29, 0.717) is 0 Å². The van der Waals surface area contributed by atoms with Crippen molar-refractivity contribution < 1.29 is 0 Å². The van der Waals surface area contributed by atoms with Crippen LogP contribution in [0.3, 0.4) is 0 Å². The first kappa shape index (κ1) is 17.8. The number of hydrogen-bond acceptors (Lipinski definition) is 1. The van der Waals surface area contributed by atoms with Gasteiger partial charge >= 0.3 is 0 Å². The topological polar surface area (TPSA) is 17.0 Å². The van der Waals surface area contributed by atoms with Crippen LogP contribution in [0.4, 0.5) is 0 Å². The second kappa shape index (κ2) is 8.43. The van der Waals surface area contributed by atoms with E-state index in [4.69, 9.17) is 11.6 Å². The van der Waals surface area contributed by atoms with Gasteiger partial charge in [0.2, 0.25) is 0 Å². The summed E-state index contributed by atoms with van der Waals surface area (Å²) in [6, 6.07) is 27.3. The Bertz CT molecular complexity index is 1020. The highest BCUT2D eigenvalue weighted by molar-refractivity contribution is 6.30. The van der Waals surface area contributed by atoms with Crippen molar-refractivity contribution in [3.8, 4) is 0 Å². The van der Waals surface area contributed by atoms with Crippen LogP contribution in [0.2, 0.25) is 5.02 Å². The molecule has 0 unspecified atom stereocenters. The number of hydrogen-bond donors (Lipinski definition) is 1. The van der Waals surface area contributed by atoms with Gasteiger partial charge in [-0.1, -0.05) is 72.3 Å². The quantitative estimate of drug-likeness (QED) is 0.412. The number of nitrogens with zero attached hydrogens (tertiary/aromatic N) is 1. The molecular formula is C24H23ClN2. The maximum Gasteiger partial charge on any atom is 0.0486 e. The minimum absolute atomic E-state index is 0.784. The Hall–Kier alpha value is -2.55. The van der Waals surface area contributed by atoms with Crippen LogP contribution in [-0.4, -0.2) is 11.1 Å². The molecule has 3 aromatic carbocycles. The van der Waals surface area contributed by atoms with Crippen LogP contribution in [0.1, 0.15) is 16.7 Å². The number of para-hydroxylation sites is 1. The fraction of sp³-hybridized carbons (Fsp3) is 0.167. The minimum atomic E-state index is 0.784. The molecule has 1 N–H and O–H groups in total. The van der Waals surface area contributed by atoms with Crippen LogP contribution in [0, 0.1) is 0 Å². The van der Waals surface area contributed by atoms with Gasteiger partial charge in [0.1, 0.15) is 0 Å². The zero-order valence-corrected chi connectivity index (χ0v) is 16.0. The Morgan fingerprint density at radius 3 is 2.44 bits per heavy atom. The molecule has 0 spiro atoms. The zero-order valence-electron chi connectivity index (χ0n) is 15.2. The van der Waals surface area contributed by atoms with Crippen LogP contribution in [-0.2, 0) is 19.5 Å². The van der Waals surface area contributed by atoms with Crippen LogP contribution < -0.4 is 5.32 Å². The lowest BCUT2D eigenvalue weighted by Crippen LogP contribution is -2.16. The number of fused-ring (bicyclic) bond motifs is 1. The van der Waals surface area contributed by atoms with Crippen molar-refractivity contribution in [2.24, 2.45) is 0 Å². The average molecular weight is 375 g/mol. The van der Waals surface area contributed by atoms with Crippen molar-refractivity contribution in [1.82, 2.24) is 9.88 Å². The molecule has 0 amide bonds. The molecule has 0 aliphatic rings. The van der Waals surface area contributed by atoms with Crippen molar-refractivity contribution in [2.75, 3.05) is 6.54 Å². The van der Waals surface area contributed by atoms with E-state index >= 15 is 0 Å². The fourth-order valence-electron chi connectivity index (χ4n) is 3.53. The van der Waals surface area contributed by atoms with Crippen LogP contribution in [0.25, 0.3) is 10.9 Å². The Kier molecular flexibility index (Phi) is 5.57. The molecule has 0 bridgehead atoms. The van der Waals surface area contributed by atoms with Gasteiger partial charge in [-0.05, 0) is 47.9 Å². The summed E-state index contributed by atoms with van der Waals surface area (Å²) in [5.41, 5.74) is 5.18. The smallest absolute Gasteiger partial charge is 0.0486 e. The third-order valence-electron chi connectivity index (χ3n) is 4.86.